The van der Waals surface area contributed by atoms with E-state index in [1.54, 1.807) is 11.9 Å². The number of rotatable bonds is 3. The van der Waals surface area contributed by atoms with Crippen LogP contribution >= 0.6 is 0 Å². The molecule has 1 amide bonds. The van der Waals surface area contributed by atoms with Gasteiger partial charge >= 0.3 is 0 Å². The number of likely N-dealkylation sites (tertiary alicyclic amines) is 1. The first-order valence-electron chi connectivity index (χ1n) is 6.93. The van der Waals surface area contributed by atoms with Gasteiger partial charge in [0.05, 0.1) is 11.8 Å². The van der Waals surface area contributed by atoms with Crippen LogP contribution in [0.1, 0.15) is 30.1 Å². The highest BCUT2D eigenvalue weighted by Crippen LogP contribution is 2.19. The Morgan fingerprint density at radius 2 is 2.20 bits per heavy atom. The maximum absolute atomic E-state index is 13.2. The van der Waals surface area contributed by atoms with E-state index in [0.717, 1.165) is 44.7 Å². The normalized spacial score (nSPS) is 17.1. The first-order chi connectivity index (χ1) is 9.52. The van der Waals surface area contributed by atoms with Crippen molar-refractivity contribution in [1.82, 2.24) is 14.8 Å². The average Bonchev–Trinajstić information content (AvgIpc) is 2.48. The molecule has 5 nitrogen and oxygen atoms in total. The fourth-order valence-electron chi connectivity index (χ4n) is 2.60. The zero-order valence-electron chi connectivity index (χ0n) is 12.0. The van der Waals surface area contributed by atoms with Gasteiger partial charge in [-0.3, -0.25) is 4.79 Å². The van der Waals surface area contributed by atoms with E-state index in [9.17, 15) is 9.18 Å². The molecular formula is C14H21FN4O. The van der Waals surface area contributed by atoms with Crippen LogP contribution in [-0.4, -0.2) is 53.4 Å². The summed E-state index contributed by atoms with van der Waals surface area (Å²) in [6.07, 6.45) is 2.88. The van der Waals surface area contributed by atoms with Gasteiger partial charge < -0.3 is 15.5 Å². The topological polar surface area (TPSA) is 62.5 Å². The summed E-state index contributed by atoms with van der Waals surface area (Å²) in [5, 5.41) is 0. The number of nitrogen functional groups attached to an aromatic ring is 1. The molecule has 1 aliphatic rings. The van der Waals surface area contributed by atoms with Gasteiger partial charge in [-0.05, 0) is 25.5 Å². The summed E-state index contributed by atoms with van der Waals surface area (Å²) in [6, 6.07) is 1.33. The number of carbonyl (C=O) groups is 1. The lowest BCUT2D eigenvalue weighted by Gasteiger charge is -2.36. The molecule has 0 bridgehead atoms. The third-order valence-electron chi connectivity index (χ3n) is 3.99. The van der Waals surface area contributed by atoms with Crippen LogP contribution in [0.2, 0.25) is 0 Å². The summed E-state index contributed by atoms with van der Waals surface area (Å²) in [5.74, 6) is -0.726. The number of hydrogen-bond donors (Lipinski definition) is 1. The van der Waals surface area contributed by atoms with Crippen LogP contribution in [0.4, 0.5) is 10.2 Å². The Labute approximate surface area is 118 Å². The molecule has 2 heterocycles. The Morgan fingerprint density at radius 1 is 1.55 bits per heavy atom. The molecule has 1 aromatic rings. The molecule has 1 aliphatic heterocycles. The van der Waals surface area contributed by atoms with E-state index in [2.05, 4.69) is 16.8 Å². The number of carbonyl (C=O) groups excluding carboxylic acids is 1. The third-order valence-corrected chi connectivity index (χ3v) is 3.99. The van der Waals surface area contributed by atoms with Crippen LogP contribution in [0.25, 0.3) is 0 Å². The Morgan fingerprint density at radius 3 is 2.80 bits per heavy atom. The molecular weight excluding hydrogens is 259 g/mol. The van der Waals surface area contributed by atoms with Crippen LogP contribution in [0.5, 0.6) is 0 Å². The zero-order valence-corrected chi connectivity index (χ0v) is 12.0. The lowest BCUT2D eigenvalue weighted by atomic mass is 10.0. The van der Waals surface area contributed by atoms with Crippen LogP contribution < -0.4 is 5.73 Å². The second kappa shape index (κ2) is 6.17. The van der Waals surface area contributed by atoms with Gasteiger partial charge in [0.15, 0.2) is 0 Å². The molecule has 0 spiro atoms. The van der Waals surface area contributed by atoms with Crippen molar-refractivity contribution in [2.45, 2.75) is 25.8 Å². The van der Waals surface area contributed by atoms with Crippen LogP contribution in [0.15, 0.2) is 12.3 Å². The molecule has 20 heavy (non-hydrogen) atoms. The Bertz CT molecular complexity index is 486. The van der Waals surface area contributed by atoms with Crippen LogP contribution in [-0.2, 0) is 0 Å². The monoisotopic (exact) mass is 280 g/mol. The zero-order chi connectivity index (χ0) is 14.7. The molecule has 0 radical (unpaired) electrons. The van der Waals surface area contributed by atoms with Gasteiger partial charge in [-0.25, -0.2) is 9.37 Å². The second-order valence-electron chi connectivity index (χ2n) is 5.17. The standard InChI is InChI=1S/C14H21FN4O/c1-3-19-6-4-11(5-7-19)18(2)14(20)12-8-10(15)9-17-13(12)16/h8-9,11H,3-7H2,1-2H3,(H2,16,17). The summed E-state index contributed by atoms with van der Waals surface area (Å²) >= 11 is 0. The number of pyridine rings is 1. The van der Waals surface area contributed by atoms with Crippen molar-refractivity contribution in [1.29, 1.82) is 0 Å². The van der Waals surface area contributed by atoms with Gasteiger partial charge in [-0.15, -0.1) is 0 Å². The molecule has 110 valence electrons. The van der Waals surface area contributed by atoms with Crippen molar-refractivity contribution >= 4 is 11.7 Å². The van der Waals surface area contributed by atoms with Gasteiger partial charge in [0.1, 0.15) is 11.6 Å². The Hall–Kier alpha value is -1.69. The fourth-order valence-corrected chi connectivity index (χ4v) is 2.60. The minimum absolute atomic E-state index is 0.0780. The lowest BCUT2D eigenvalue weighted by molar-refractivity contribution is 0.0647. The molecule has 0 saturated carbocycles. The van der Waals surface area contributed by atoms with Crippen LogP contribution in [0, 0.1) is 5.82 Å². The van der Waals surface area contributed by atoms with Gasteiger partial charge in [-0.1, -0.05) is 6.92 Å². The van der Waals surface area contributed by atoms with Crippen molar-refractivity contribution in [3.63, 3.8) is 0 Å². The summed E-state index contributed by atoms with van der Waals surface area (Å²) in [5.41, 5.74) is 5.81. The number of anilines is 1. The van der Waals surface area contributed by atoms with Gasteiger partial charge in [0.25, 0.3) is 5.91 Å². The summed E-state index contributed by atoms with van der Waals surface area (Å²) in [6.45, 7) is 5.13. The number of amides is 1. The Balaban J connectivity index is 2.07. The number of nitrogens with two attached hydrogens (primary N) is 1. The molecule has 1 saturated heterocycles. The molecule has 1 aromatic heterocycles. The van der Waals surface area contributed by atoms with E-state index in [1.807, 2.05) is 0 Å². The number of halogens is 1. The fraction of sp³-hybridized carbons (Fsp3) is 0.571. The molecule has 0 atom stereocenters. The molecule has 2 rings (SSSR count). The highest BCUT2D eigenvalue weighted by molar-refractivity contribution is 5.98. The molecule has 0 aromatic carbocycles. The summed E-state index contributed by atoms with van der Waals surface area (Å²) in [4.78, 5) is 20.1. The largest absolute Gasteiger partial charge is 0.383 e. The van der Waals surface area contributed by atoms with Crippen LogP contribution in [0.3, 0.4) is 0 Å². The van der Waals surface area contributed by atoms with Gasteiger partial charge in [0.2, 0.25) is 0 Å². The molecule has 0 aliphatic carbocycles. The predicted octanol–water partition coefficient (Wildman–Crippen LogP) is 1.36. The van der Waals surface area contributed by atoms with Crippen molar-refractivity contribution in [3.05, 3.63) is 23.6 Å². The van der Waals surface area contributed by atoms with E-state index >= 15 is 0 Å². The smallest absolute Gasteiger partial charge is 0.257 e. The first-order valence-corrected chi connectivity index (χ1v) is 6.93. The predicted molar refractivity (Wildman–Crippen MR) is 75.8 cm³/mol. The van der Waals surface area contributed by atoms with Gasteiger partial charge in [-0.2, -0.15) is 0 Å². The van der Waals surface area contributed by atoms with E-state index in [4.69, 9.17) is 5.73 Å². The molecule has 2 N–H and O–H groups in total. The van der Waals surface area contributed by atoms with Crippen molar-refractivity contribution in [2.24, 2.45) is 0 Å². The van der Waals surface area contributed by atoms with E-state index in [0.29, 0.717) is 0 Å². The maximum Gasteiger partial charge on any atom is 0.257 e. The van der Waals surface area contributed by atoms with Crippen molar-refractivity contribution < 1.29 is 9.18 Å². The van der Waals surface area contributed by atoms with Crippen molar-refractivity contribution in [3.8, 4) is 0 Å². The average molecular weight is 280 g/mol. The summed E-state index contributed by atoms with van der Waals surface area (Å²) in [7, 11) is 1.75. The quantitative estimate of drug-likeness (QED) is 0.908. The number of piperidine rings is 1. The number of hydrogen-bond acceptors (Lipinski definition) is 4. The lowest BCUT2D eigenvalue weighted by Crippen LogP contribution is -2.45. The minimum Gasteiger partial charge on any atom is -0.383 e. The number of nitrogens with zero attached hydrogens (tertiary/aromatic N) is 3. The number of aromatic nitrogens is 1. The molecule has 1 fully saturated rings. The first kappa shape index (κ1) is 14.7. The molecule has 0 unspecified atom stereocenters. The van der Waals surface area contributed by atoms with E-state index in [-0.39, 0.29) is 23.3 Å². The maximum atomic E-state index is 13.2. The molecule has 6 heteroatoms. The second-order valence-corrected chi connectivity index (χ2v) is 5.17. The minimum atomic E-state index is -0.545. The summed E-state index contributed by atoms with van der Waals surface area (Å²) < 4.78 is 13.2. The SMILES string of the molecule is CCN1CCC(N(C)C(=O)c2cc(F)cnc2N)CC1. The van der Waals surface area contributed by atoms with Crippen molar-refractivity contribution in [2.75, 3.05) is 32.4 Å². The van der Waals surface area contributed by atoms with E-state index in [1.165, 1.54) is 0 Å². The van der Waals surface area contributed by atoms with Gasteiger partial charge in [0, 0.05) is 26.2 Å². The highest BCUT2D eigenvalue weighted by atomic mass is 19.1. The highest BCUT2D eigenvalue weighted by Gasteiger charge is 2.26. The van der Waals surface area contributed by atoms with E-state index < -0.39 is 5.82 Å². The third kappa shape index (κ3) is 3.07. The Kier molecular flexibility index (Phi) is 4.54.